The Balaban J connectivity index is 1.36. The van der Waals surface area contributed by atoms with Crippen molar-refractivity contribution in [3.05, 3.63) is 59.7 Å². The van der Waals surface area contributed by atoms with Gasteiger partial charge in [-0.3, -0.25) is 9.52 Å². The standard InChI is InChI=1S/C23H26N2O3S/c24-22(26)18-1-5-20(6-2-18)25-29(27,28)21-7-3-19(4-8-21)23-12-15-9-16(13-23)11-17(10-15)14-23/h1-8,15-17,25H,9-14H2,(H2,24,26). The molecule has 0 atom stereocenters. The third-order valence-corrected chi connectivity index (χ3v) is 8.63. The van der Waals surface area contributed by atoms with Crippen molar-refractivity contribution >= 4 is 21.6 Å². The molecule has 0 unspecified atom stereocenters. The fraction of sp³-hybridized carbons (Fsp3) is 0.435. The van der Waals surface area contributed by atoms with Crippen LogP contribution in [-0.4, -0.2) is 14.3 Å². The van der Waals surface area contributed by atoms with E-state index in [9.17, 15) is 13.2 Å². The number of sulfonamides is 1. The van der Waals surface area contributed by atoms with E-state index in [4.69, 9.17) is 5.73 Å². The number of hydrogen-bond donors (Lipinski definition) is 2. The number of nitrogens with two attached hydrogens (primary N) is 1. The summed E-state index contributed by atoms with van der Waals surface area (Å²) in [5, 5.41) is 0. The minimum absolute atomic E-state index is 0.255. The fourth-order valence-electron chi connectivity index (χ4n) is 6.37. The molecular formula is C23H26N2O3S. The van der Waals surface area contributed by atoms with Gasteiger partial charge in [0.15, 0.2) is 0 Å². The molecule has 4 bridgehead atoms. The van der Waals surface area contributed by atoms with Crippen LogP contribution in [0.25, 0.3) is 0 Å². The van der Waals surface area contributed by atoms with Gasteiger partial charge in [-0.25, -0.2) is 8.42 Å². The molecule has 2 aromatic rings. The Morgan fingerprint density at radius 2 is 1.38 bits per heavy atom. The van der Waals surface area contributed by atoms with Crippen LogP contribution in [0.3, 0.4) is 0 Å². The molecule has 152 valence electrons. The molecule has 2 aromatic carbocycles. The number of hydrogen-bond acceptors (Lipinski definition) is 3. The number of carbonyl (C=O) groups is 1. The molecule has 0 aromatic heterocycles. The van der Waals surface area contributed by atoms with Crippen molar-refractivity contribution in [2.75, 3.05) is 4.72 Å². The second-order valence-electron chi connectivity index (χ2n) is 9.27. The second kappa shape index (κ2) is 6.59. The van der Waals surface area contributed by atoms with Crippen molar-refractivity contribution in [2.24, 2.45) is 23.5 Å². The number of rotatable bonds is 5. The van der Waals surface area contributed by atoms with E-state index < -0.39 is 15.9 Å². The molecule has 4 fully saturated rings. The summed E-state index contributed by atoms with van der Waals surface area (Å²) in [5.74, 6) is 2.03. The molecule has 4 aliphatic rings. The third kappa shape index (κ3) is 3.33. The highest BCUT2D eigenvalue weighted by Crippen LogP contribution is 2.60. The summed E-state index contributed by atoms with van der Waals surface area (Å²) in [7, 11) is -3.69. The Hall–Kier alpha value is -2.34. The minimum atomic E-state index is -3.69. The summed E-state index contributed by atoms with van der Waals surface area (Å²) >= 11 is 0. The number of anilines is 1. The summed E-state index contributed by atoms with van der Waals surface area (Å²) in [6.07, 6.45) is 7.96. The summed E-state index contributed by atoms with van der Waals surface area (Å²) in [4.78, 5) is 11.4. The van der Waals surface area contributed by atoms with E-state index in [0.29, 0.717) is 11.3 Å². The third-order valence-electron chi connectivity index (χ3n) is 7.24. The first kappa shape index (κ1) is 18.7. The molecular weight excluding hydrogens is 384 g/mol. The highest BCUT2D eigenvalue weighted by molar-refractivity contribution is 7.92. The van der Waals surface area contributed by atoms with E-state index in [2.05, 4.69) is 4.72 Å². The van der Waals surface area contributed by atoms with Crippen LogP contribution in [0.5, 0.6) is 0 Å². The largest absolute Gasteiger partial charge is 0.366 e. The first-order valence-corrected chi connectivity index (χ1v) is 11.8. The predicted molar refractivity (Wildman–Crippen MR) is 112 cm³/mol. The average Bonchev–Trinajstić information content (AvgIpc) is 2.67. The van der Waals surface area contributed by atoms with Crippen LogP contribution >= 0.6 is 0 Å². The molecule has 0 spiro atoms. The zero-order valence-corrected chi connectivity index (χ0v) is 17.1. The van der Waals surface area contributed by atoms with Crippen LogP contribution in [0.1, 0.15) is 54.4 Å². The van der Waals surface area contributed by atoms with Gasteiger partial charge in [-0.1, -0.05) is 12.1 Å². The van der Waals surface area contributed by atoms with Crippen LogP contribution in [0, 0.1) is 17.8 Å². The zero-order chi connectivity index (χ0) is 20.2. The molecule has 3 N–H and O–H groups in total. The van der Waals surface area contributed by atoms with Gasteiger partial charge in [-0.2, -0.15) is 0 Å². The molecule has 5 nitrogen and oxygen atoms in total. The smallest absolute Gasteiger partial charge is 0.261 e. The van der Waals surface area contributed by atoms with Gasteiger partial charge in [0.1, 0.15) is 0 Å². The van der Waals surface area contributed by atoms with E-state index >= 15 is 0 Å². The summed E-state index contributed by atoms with van der Waals surface area (Å²) in [6.45, 7) is 0. The molecule has 0 saturated heterocycles. The Kier molecular flexibility index (Phi) is 4.24. The SMILES string of the molecule is NC(=O)c1ccc(NS(=O)(=O)c2ccc(C34CC5CC(CC(C5)C3)C4)cc2)cc1. The van der Waals surface area contributed by atoms with Gasteiger partial charge >= 0.3 is 0 Å². The van der Waals surface area contributed by atoms with E-state index in [1.54, 1.807) is 24.3 Å². The summed E-state index contributed by atoms with van der Waals surface area (Å²) in [5.41, 5.74) is 7.54. The van der Waals surface area contributed by atoms with Gasteiger partial charge in [0.25, 0.3) is 10.0 Å². The maximum absolute atomic E-state index is 12.8. The lowest BCUT2D eigenvalue weighted by Crippen LogP contribution is -2.48. The molecule has 4 saturated carbocycles. The number of nitrogens with one attached hydrogen (secondary N) is 1. The highest BCUT2D eigenvalue weighted by Gasteiger charge is 2.51. The molecule has 6 rings (SSSR count). The van der Waals surface area contributed by atoms with E-state index in [-0.39, 0.29) is 10.3 Å². The monoisotopic (exact) mass is 410 g/mol. The average molecular weight is 411 g/mol. The molecule has 4 aliphatic carbocycles. The first-order chi connectivity index (χ1) is 13.8. The number of amides is 1. The molecule has 0 aliphatic heterocycles. The van der Waals surface area contributed by atoms with Gasteiger partial charge in [0.05, 0.1) is 4.90 Å². The number of benzene rings is 2. The Bertz CT molecular complexity index is 1010. The minimum Gasteiger partial charge on any atom is -0.366 e. The summed E-state index contributed by atoms with van der Waals surface area (Å²) < 4.78 is 28.1. The van der Waals surface area contributed by atoms with Crippen molar-refractivity contribution in [3.8, 4) is 0 Å². The van der Waals surface area contributed by atoms with Crippen LogP contribution in [0.15, 0.2) is 53.4 Å². The topological polar surface area (TPSA) is 89.3 Å². The fourth-order valence-corrected chi connectivity index (χ4v) is 7.43. The lowest BCUT2D eigenvalue weighted by atomic mass is 9.48. The van der Waals surface area contributed by atoms with Crippen molar-refractivity contribution < 1.29 is 13.2 Å². The van der Waals surface area contributed by atoms with Crippen molar-refractivity contribution in [3.63, 3.8) is 0 Å². The Morgan fingerprint density at radius 3 is 1.86 bits per heavy atom. The van der Waals surface area contributed by atoms with Crippen molar-refractivity contribution in [2.45, 2.75) is 48.8 Å². The summed E-state index contributed by atoms with van der Waals surface area (Å²) in [6, 6.07) is 13.6. The van der Waals surface area contributed by atoms with Gasteiger partial charge in [0.2, 0.25) is 5.91 Å². The molecule has 0 heterocycles. The van der Waals surface area contributed by atoms with Gasteiger partial charge in [-0.15, -0.1) is 0 Å². The van der Waals surface area contributed by atoms with Crippen molar-refractivity contribution in [1.29, 1.82) is 0 Å². The predicted octanol–water partition coefficient (Wildman–Crippen LogP) is 4.05. The molecule has 0 radical (unpaired) electrons. The van der Waals surface area contributed by atoms with E-state index in [0.717, 1.165) is 17.8 Å². The Labute approximate surface area is 171 Å². The highest BCUT2D eigenvalue weighted by atomic mass is 32.2. The normalized spacial score (nSPS) is 30.3. The zero-order valence-electron chi connectivity index (χ0n) is 16.3. The van der Waals surface area contributed by atoms with E-state index in [1.165, 1.54) is 56.2 Å². The molecule has 1 amide bonds. The quantitative estimate of drug-likeness (QED) is 0.779. The van der Waals surface area contributed by atoms with Crippen molar-refractivity contribution in [1.82, 2.24) is 0 Å². The Morgan fingerprint density at radius 1 is 0.862 bits per heavy atom. The van der Waals surface area contributed by atoms with Crippen LogP contribution in [0.4, 0.5) is 5.69 Å². The maximum atomic E-state index is 12.8. The van der Waals surface area contributed by atoms with Gasteiger partial charge < -0.3 is 5.73 Å². The molecule has 6 heteroatoms. The first-order valence-electron chi connectivity index (χ1n) is 10.4. The number of primary amides is 1. The van der Waals surface area contributed by atoms with Crippen LogP contribution < -0.4 is 10.5 Å². The number of carbonyl (C=O) groups excluding carboxylic acids is 1. The van der Waals surface area contributed by atoms with Gasteiger partial charge in [-0.05, 0) is 104 Å². The maximum Gasteiger partial charge on any atom is 0.261 e. The molecule has 29 heavy (non-hydrogen) atoms. The van der Waals surface area contributed by atoms with Crippen LogP contribution in [-0.2, 0) is 15.4 Å². The lowest BCUT2D eigenvalue weighted by Gasteiger charge is -2.57. The second-order valence-corrected chi connectivity index (χ2v) is 11.0. The van der Waals surface area contributed by atoms with Gasteiger partial charge in [0, 0.05) is 11.3 Å². The van der Waals surface area contributed by atoms with Crippen LogP contribution in [0.2, 0.25) is 0 Å². The van der Waals surface area contributed by atoms with E-state index in [1.807, 2.05) is 12.1 Å². The lowest BCUT2D eigenvalue weighted by molar-refractivity contribution is -0.00521.